The highest BCUT2D eigenvalue weighted by molar-refractivity contribution is 7.26. The van der Waals surface area contributed by atoms with Crippen LogP contribution < -0.4 is 0 Å². The summed E-state index contributed by atoms with van der Waals surface area (Å²) in [5.74, 6) is 0.717. The van der Waals surface area contributed by atoms with E-state index in [0.29, 0.717) is 0 Å². The van der Waals surface area contributed by atoms with Gasteiger partial charge in [0, 0.05) is 42.3 Å². The molecule has 1 unspecified atom stereocenters. The SMILES string of the molecule is CC1(c2ccccc2)c2ccccc2-c2ccc(-c3cc(-c4cccc(-c5cccc6c5sc5ccccc56)c4)nc(-c4ccccc4)n3)cc21. The number of aromatic nitrogens is 2. The van der Waals surface area contributed by atoms with Crippen LogP contribution in [0.25, 0.3) is 76.3 Å². The van der Waals surface area contributed by atoms with Crippen LogP contribution in [-0.2, 0) is 5.41 Å². The number of nitrogens with zero attached hydrogens (tertiary/aromatic N) is 2. The van der Waals surface area contributed by atoms with E-state index in [1.54, 1.807) is 0 Å². The van der Waals surface area contributed by atoms with Gasteiger partial charge in [-0.15, -0.1) is 11.3 Å². The molecule has 0 saturated carbocycles. The van der Waals surface area contributed by atoms with Crippen molar-refractivity contribution < 1.29 is 0 Å². The van der Waals surface area contributed by atoms with Gasteiger partial charge in [0.1, 0.15) is 0 Å². The number of hydrogen-bond donors (Lipinski definition) is 0. The first-order valence-corrected chi connectivity index (χ1v) is 18.2. The number of fused-ring (bicyclic) bond motifs is 6. The van der Waals surface area contributed by atoms with Crippen LogP contribution in [0, 0.1) is 0 Å². The Labute approximate surface area is 301 Å². The Morgan fingerprint density at radius 2 is 1.04 bits per heavy atom. The Morgan fingerprint density at radius 1 is 0.431 bits per heavy atom. The van der Waals surface area contributed by atoms with E-state index in [2.05, 4.69) is 177 Å². The smallest absolute Gasteiger partial charge is 0.160 e. The van der Waals surface area contributed by atoms with Crippen LogP contribution in [0.15, 0.2) is 176 Å². The Balaban J connectivity index is 1.14. The lowest BCUT2D eigenvalue weighted by Crippen LogP contribution is -2.22. The van der Waals surface area contributed by atoms with Gasteiger partial charge in [0.05, 0.1) is 11.4 Å². The predicted molar refractivity (Wildman–Crippen MR) is 214 cm³/mol. The van der Waals surface area contributed by atoms with Crippen molar-refractivity contribution in [3.05, 3.63) is 193 Å². The molecular weight excluding hydrogens is 637 g/mol. The van der Waals surface area contributed by atoms with E-state index in [-0.39, 0.29) is 5.41 Å². The van der Waals surface area contributed by atoms with Gasteiger partial charge in [-0.1, -0.05) is 152 Å². The molecule has 1 aliphatic carbocycles. The molecule has 0 aliphatic heterocycles. The molecule has 9 aromatic rings. The monoisotopic (exact) mass is 668 g/mol. The molecule has 10 rings (SSSR count). The van der Waals surface area contributed by atoms with Crippen molar-refractivity contribution in [2.75, 3.05) is 0 Å². The molecule has 0 spiro atoms. The summed E-state index contributed by atoms with van der Waals surface area (Å²) >= 11 is 1.86. The summed E-state index contributed by atoms with van der Waals surface area (Å²) in [5.41, 5.74) is 13.6. The Bertz CT molecular complexity index is 2760. The maximum Gasteiger partial charge on any atom is 0.160 e. The zero-order chi connectivity index (χ0) is 33.9. The zero-order valence-corrected chi connectivity index (χ0v) is 28.9. The van der Waals surface area contributed by atoms with E-state index < -0.39 is 0 Å². The molecular formula is C48H32N2S. The second-order valence-electron chi connectivity index (χ2n) is 13.5. The van der Waals surface area contributed by atoms with Gasteiger partial charge in [0.2, 0.25) is 0 Å². The van der Waals surface area contributed by atoms with Gasteiger partial charge in [-0.2, -0.15) is 0 Å². The van der Waals surface area contributed by atoms with Crippen LogP contribution in [0.3, 0.4) is 0 Å². The van der Waals surface area contributed by atoms with Gasteiger partial charge in [-0.05, 0) is 70.1 Å². The third-order valence-corrected chi connectivity index (χ3v) is 11.8. The summed E-state index contributed by atoms with van der Waals surface area (Å²) in [6, 6.07) is 63.2. The van der Waals surface area contributed by atoms with Crippen molar-refractivity contribution >= 4 is 31.5 Å². The molecule has 0 radical (unpaired) electrons. The fourth-order valence-corrected chi connectivity index (χ4v) is 9.25. The first kappa shape index (κ1) is 29.7. The lowest BCUT2D eigenvalue weighted by Gasteiger charge is -2.28. The minimum absolute atomic E-state index is 0.288. The van der Waals surface area contributed by atoms with Crippen LogP contribution in [-0.4, -0.2) is 9.97 Å². The molecule has 3 heteroatoms. The number of benzene rings is 7. The Morgan fingerprint density at radius 3 is 1.88 bits per heavy atom. The Kier molecular flexibility index (Phi) is 6.83. The normalized spacial score (nSPS) is 14.8. The number of rotatable bonds is 5. The van der Waals surface area contributed by atoms with Crippen LogP contribution in [0.1, 0.15) is 23.6 Å². The summed E-state index contributed by atoms with van der Waals surface area (Å²) in [5, 5.41) is 2.61. The molecule has 0 N–H and O–H groups in total. The highest BCUT2D eigenvalue weighted by Crippen LogP contribution is 2.53. The molecule has 0 amide bonds. The molecule has 2 aromatic heterocycles. The van der Waals surface area contributed by atoms with E-state index in [0.717, 1.165) is 33.9 Å². The minimum Gasteiger partial charge on any atom is -0.228 e. The van der Waals surface area contributed by atoms with Crippen molar-refractivity contribution in [3.63, 3.8) is 0 Å². The molecule has 2 nitrogen and oxygen atoms in total. The van der Waals surface area contributed by atoms with Crippen LogP contribution in [0.4, 0.5) is 0 Å². The summed E-state index contributed by atoms with van der Waals surface area (Å²) in [6.07, 6.45) is 0. The predicted octanol–water partition coefficient (Wildman–Crippen LogP) is 12.8. The fraction of sp³-hybridized carbons (Fsp3) is 0.0417. The van der Waals surface area contributed by atoms with Crippen molar-refractivity contribution in [1.82, 2.24) is 9.97 Å². The number of hydrogen-bond acceptors (Lipinski definition) is 3. The summed E-state index contributed by atoms with van der Waals surface area (Å²) in [4.78, 5) is 10.4. The highest BCUT2D eigenvalue weighted by atomic mass is 32.1. The third-order valence-electron chi connectivity index (χ3n) is 10.6. The molecule has 2 heterocycles. The maximum absolute atomic E-state index is 5.23. The average Bonchev–Trinajstić information content (AvgIpc) is 3.72. The zero-order valence-electron chi connectivity index (χ0n) is 28.0. The molecule has 1 aliphatic rings. The van der Waals surface area contributed by atoms with Crippen molar-refractivity contribution in [1.29, 1.82) is 0 Å². The molecule has 1 atom stereocenters. The van der Waals surface area contributed by atoms with Gasteiger partial charge in [-0.25, -0.2) is 9.97 Å². The van der Waals surface area contributed by atoms with E-state index in [9.17, 15) is 0 Å². The first-order chi connectivity index (χ1) is 25.1. The lowest BCUT2D eigenvalue weighted by atomic mass is 9.74. The second-order valence-corrected chi connectivity index (χ2v) is 14.5. The standard InChI is InChI=1S/C48H32N2S/c1-48(35-18-6-3-7-19-35)41-24-10-8-20-37(41)38-27-26-34(29-42(38)48)44-30-43(49-47(50-44)31-14-4-2-5-15-31)33-17-12-16-32(28-33)36-22-13-23-40-39-21-9-11-25-45(39)51-46(36)40/h2-30H,1H3. The van der Waals surface area contributed by atoms with E-state index >= 15 is 0 Å². The number of thiophene rings is 1. The second kappa shape index (κ2) is 11.7. The lowest BCUT2D eigenvalue weighted by molar-refractivity contribution is 0.714. The summed E-state index contributed by atoms with van der Waals surface area (Å²) in [7, 11) is 0. The third kappa shape index (κ3) is 4.77. The maximum atomic E-state index is 5.23. The van der Waals surface area contributed by atoms with Crippen molar-refractivity contribution in [2.24, 2.45) is 0 Å². The highest BCUT2D eigenvalue weighted by Gasteiger charge is 2.40. The molecule has 0 bridgehead atoms. The van der Waals surface area contributed by atoms with Gasteiger partial charge >= 0.3 is 0 Å². The quantitative estimate of drug-likeness (QED) is 0.182. The topological polar surface area (TPSA) is 25.8 Å². The fourth-order valence-electron chi connectivity index (χ4n) is 8.01. The molecule has 7 aromatic carbocycles. The summed E-state index contributed by atoms with van der Waals surface area (Å²) < 4.78 is 2.62. The van der Waals surface area contributed by atoms with E-state index in [4.69, 9.17) is 9.97 Å². The largest absolute Gasteiger partial charge is 0.228 e. The van der Waals surface area contributed by atoms with Crippen LogP contribution in [0.2, 0.25) is 0 Å². The average molecular weight is 669 g/mol. The van der Waals surface area contributed by atoms with Gasteiger partial charge in [0.15, 0.2) is 5.82 Å². The molecule has 51 heavy (non-hydrogen) atoms. The van der Waals surface area contributed by atoms with Gasteiger partial charge in [-0.3, -0.25) is 0 Å². The van der Waals surface area contributed by atoms with Crippen LogP contribution in [0.5, 0.6) is 0 Å². The van der Waals surface area contributed by atoms with E-state index in [1.807, 2.05) is 17.4 Å². The first-order valence-electron chi connectivity index (χ1n) is 17.4. The van der Waals surface area contributed by atoms with Crippen LogP contribution >= 0.6 is 11.3 Å². The van der Waals surface area contributed by atoms with Crippen molar-refractivity contribution in [2.45, 2.75) is 12.3 Å². The van der Waals surface area contributed by atoms with Crippen molar-refractivity contribution in [3.8, 4) is 56.2 Å². The molecule has 0 saturated heterocycles. The molecule has 0 fully saturated rings. The van der Waals surface area contributed by atoms with Gasteiger partial charge in [0.25, 0.3) is 0 Å². The summed E-state index contributed by atoms with van der Waals surface area (Å²) in [6.45, 7) is 2.36. The molecule has 240 valence electrons. The van der Waals surface area contributed by atoms with Gasteiger partial charge < -0.3 is 0 Å². The van der Waals surface area contributed by atoms with E-state index in [1.165, 1.54) is 59.1 Å². The minimum atomic E-state index is -0.288. The Hall–Kier alpha value is -6.16.